The molecule has 2 aromatic rings. The Bertz CT molecular complexity index is 873. The highest BCUT2D eigenvalue weighted by atomic mass is 16.5. The fraction of sp³-hybridized carbons (Fsp3) is 0.458. The topological polar surface area (TPSA) is 71.5 Å². The van der Waals surface area contributed by atoms with Gasteiger partial charge >= 0.3 is 0 Å². The molecule has 0 spiro atoms. The van der Waals surface area contributed by atoms with Gasteiger partial charge in [-0.25, -0.2) is 0 Å². The lowest BCUT2D eigenvalue weighted by atomic mass is 10.0. The van der Waals surface area contributed by atoms with Crippen molar-refractivity contribution >= 4 is 11.8 Å². The number of carbonyl (C=O) groups is 2. The predicted molar refractivity (Wildman–Crippen MR) is 116 cm³/mol. The number of aromatic nitrogens is 1. The smallest absolute Gasteiger partial charge is 0.253 e. The van der Waals surface area contributed by atoms with E-state index in [4.69, 9.17) is 4.74 Å². The Balaban J connectivity index is 1.68. The van der Waals surface area contributed by atoms with Crippen molar-refractivity contribution in [3.63, 3.8) is 0 Å². The number of rotatable bonds is 6. The van der Waals surface area contributed by atoms with Crippen LogP contribution < -0.4 is 10.1 Å². The van der Waals surface area contributed by atoms with E-state index >= 15 is 0 Å². The fourth-order valence-electron chi connectivity index (χ4n) is 3.77. The third-order valence-electron chi connectivity index (χ3n) is 5.39. The minimum absolute atomic E-state index is 0.00325. The van der Waals surface area contributed by atoms with Crippen molar-refractivity contribution in [1.82, 2.24) is 15.2 Å². The standard InChI is InChI=1S/C24H31N3O3/c1-16(2)23(28)26-21-8-6-10-27(14-21)24(29)20-11-17(3)22(18(4)12-20)30-15-19-7-5-9-25-13-19/h5,7,9,11-13,16,21H,6,8,10,14-15H2,1-4H3,(H,26,28). The number of piperidine rings is 1. The summed E-state index contributed by atoms with van der Waals surface area (Å²) in [5.74, 6) is 0.788. The van der Waals surface area contributed by atoms with Crippen LogP contribution in [0.15, 0.2) is 36.7 Å². The van der Waals surface area contributed by atoms with Crippen LogP contribution >= 0.6 is 0 Å². The van der Waals surface area contributed by atoms with Gasteiger partial charge in [0.05, 0.1) is 0 Å². The molecule has 1 saturated heterocycles. The Kier molecular flexibility index (Phi) is 7.08. The van der Waals surface area contributed by atoms with Crippen LogP contribution in [0.25, 0.3) is 0 Å². The molecule has 3 rings (SSSR count). The number of amides is 2. The fourth-order valence-corrected chi connectivity index (χ4v) is 3.77. The summed E-state index contributed by atoms with van der Waals surface area (Å²) in [6, 6.07) is 7.66. The molecule has 2 amide bonds. The zero-order valence-corrected chi connectivity index (χ0v) is 18.3. The van der Waals surface area contributed by atoms with Crippen molar-refractivity contribution < 1.29 is 14.3 Å². The van der Waals surface area contributed by atoms with Crippen molar-refractivity contribution in [3.05, 3.63) is 58.9 Å². The molecule has 1 aromatic heterocycles. The number of hydrogen-bond donors (Lipinski definition) is 1. The Morgan fingerprint density at radius 3 is 2.63 bits per heavy atom. The Labute approximate surface area is 178 Å². The molecule has 2 heterocycles. The SMILES string of the molecule is Cc1cc(C(=O)N2CCCC(NC(=O)C(C)C)C2)cc(C)c1OCc1cccnc1. The highest BCUT2D eigenvalue weighted by molar-refractivity contribution is 5.95. The van der Waals surface area contributed by atoms with Crippen LogP contribution in [0, 0.1) is 19.8 Å². The average Bonchev–Trinajstić information content (AvgIpc) is 2.73. The number of benzene rings is 1. The van der Waals surface area contributed by atoms with E-state index in [0.717, 1.165) is 35.3 Å². The Morgan fingerprint density at radius 1 is 1.27 bits per heavy atom. The molecule has 0 radical (unpaired) electrons. The molecule has 6 heteroatoms. The number of nitrogens with one attached hydrogen (secondary N) is 1. The van der Waals surface area contributed by atoms with Gasteiger partial charge in [0.2, 0.25) is 5.91 Å². The van der Waals surface area contributed by atoms with Gasteiger partial charge in [0.1, 0.15) is 12.4 Å². The van der Waals surface area contributed by atoms with Gasteiger partial charge in [0.25, 0.3) is 5.91 Å². The maximum atomic E-state index is 13.1. The molecule has 0 saturated carbocycles. The van der Waals surface area contributed by atoms with Gasteiger partial charge in [-0.3, -0.25) is 14.6 Å². The zero-order valence-electron chi connectivity index (χ0n) is 18.3. The molecular weight excluding hydrogens is 378 g/mol. The van der Waals surface area contributed by atoms with E-state index in [9.17, 15) is 9.59 Å². The molecule has 1 N–H and O–H groups in total. The van der Waals surface area contributed by atoms with Crippen molar-refractivity contribution in [3.8, 4) is 5.75 Å². The molecule has 0 aliphatic carbocycles. The van der Waals surface area contributed by atoms with Gasteiger partial charge in [0.15, 0.2) is 0 Å². The molecule has 1 fully saturated rings. The van der Waals surface area contributed by atoms with Crippen molar-refractivity contribution in [1.29, 1.82) is 0 Å². The molecule has 1 aliphatic rings. The molecule has 0 bridgehead atoms. The second-order valence-corrected chi connectivity index (χ2v) is 8.34. The normalized spacial score (nSPS) is 16.4. The van der Waals surface area contributed by atoms with Crippen LogP contribution in [0.3, 0.4) is 0 Å². The number of pyridine rings is 1. The van der Waals surface area contributed by atoms with E-state index in [0.29, 0.717) is 25.3 Å². The molecule has 160 valence electrons. The molecule has 1 aromatic carbocycles. The van der Waals surface area contributed by atoms with E-state index in [-0.39, 0.29) is 23.8 Å². The van der Waals surface area contributed by atoms with Crippen LogP contribution in [0.1, 0.15) is 53.7 Å². The summed E-state index contributed by atoms with van der Waals surface area (Å²) >= 11 is 0. The third kappa shape index (κ3) is 5.38. The summed E-state index contributed by atoms with van der Waals surface area (Å²) in [6.07, 6.45) is 5.31. The Morgan fingerprint density at radius 2 is 2.00 bits per heavy atom. The lowest BCUT2D eigenvalue weighted by molar-refractivity contribution is -0.125. The second kappa shape index (κ2) is 9.74. The summed E-state index contributed by atoms with van der Waals surface area (Å²) in [6.45, 7) is 9.38. The second-order valence-electron chi connectivity index (χ2n) is 8.34. The maximum Gasteiger partial charge on any atom is 0.253 e. The van der Waals surface area contributed by atoms with Crippen LogP contribution in [0.2, 0.25) is 0 Å². The van der Waals surface area contributed by atoms with Crippen molar-refractivity contribution in [2.24, 2.45) is 5.92 Å². The number of ether oxygens (including phenoxy) is 1. The highest BCUT2D eigenvalue weighted by Gasteiger charge is 2.26. The van der Waals surface area contributed by atoms with Crippen LogP contribution in [0.4, 0.5) is 0 Å². The first kappa shape index (κ1) is 21.8. The van der Waals surface area contributed by atoms with Gasteiger partial charge in [-0.1, -0.05) is 19.9 Å². The number of aryl methyl sites for hydroxylation is 2. The van der Waals surface area contributed by atoms with E-state index < -0.39 is 0 Å². The van der Waals surface area contributed by atoms with E-state index in [1.807, 2.05) is 56.9 Å². The third-order valence-corrected chi connectivity index (χ3v) is 5.39. The minimum Gasteiger partial charge on any atom is -0.488 e. The van der Waals surface area contributed by atoms with Gasteiger partial charge in [-0.2, -0.15) is 0 Å². The number of likely N-dealkylation sites (tertiary alicyclic amines) is 1. The van der Waals surface area contributed by atoms with Gasteiger partial charge < -0.3 is 15.0 Å². The zero-order chi connectivity index (χ0) is 21.7. The van der Waals surface area contributed by atoms with Gasteiger partial charge in [0, 0.05) is 48.6 Å². The number of nitrogens with zero attached hydrogens (tertiary/aromatic N) is 2. The predicted octanol–water partition coefficient (Wildman–Crippen LogP) is 3.65. The summed E-state index contributed by atoms with van der Waals surface area (Å²) < 4.78 is 6.00. The van der Waals surface area contributed by atoms with Crippen LogP contribution in [-0.4, -0.2) is 40.8 Å². The number of carbonyl (C=O) groups excluding carboxylic acids is 2. The van der Waals surface area contributed by atoms with Crippen LogP contribution in [-0.2, 0) is 11.4 Å². The Hall–Kier alpha value is -2.89. The quantitative estimate of drug-likeness (QED) is 0.790. The van der Waals surface area contributed by atoms with E-state index in [2.05, 4.69) is 10.3 Å². The molecule has 1 aliphatic heterocycles. The lowest BCUT2D eigenvalue weighted by Gasteiger charge is -2.33. The van der Waals surface area contributed by atoms with Crippen LogP contribution in [0.5, 0.6) is 5.75 Å². The van der Waals surface area contributed by atoms with Crippen molar-refractivity contribution in [2.45, 2.75) is 53.2 Å². The summed E-state index contributed by atoms with van der Waals surface area (Å²) in [5.41, 5.74) is 3.53. The summed E-state index contributed by atoms with van der Waals surface area (Å²) in [7, 11) is 0. The molecule has 1 unspecified atom stereocenters. The number of hydrogen-bond acceptors (Lipinski definition) is 4. The van der Waals surface area contributed by atoms with Gasteiger partial charge in [-0.05, 0) is 56.0 Å². The summed E-state index contributed by atoms with van der Waals surface area (Å²) in [4.78, 5) is 31.1. The molecule has 30 heavy (non-hydrogen) atoms. The van der Waals surface area contributed by atoms with Gasteiger partial charge in [-0.15, -0.1) is 0 Å². The average molecular weight is 410 g/mol. The van der Waals surface area contributed by atoms with Crippen molar-refractivity contribution in [2.75, 3.05) is 13.1 Å². The minimum atomic E-state index is -0.0550. The maximum absolute atomic E-state index is 13.1. The summed E-state index contributed by atoms with van der Waals surface area (Å²) in [5, 5.41) is 3.06. The van der Waals surface area contributed by atoms with E-state index in [1.165, 1.54) is 0 Å². The van der Waals surface area contributed by atoms with E-state index in [1.54, 1.807) is 12.4 Å². The molecule has 1 atom stereocenters. The first-order valence-corrected chi connectivity index (χ1v) is 10.6. The highest BCUT2D eigenvalue weighted by Crippen LogP contribution is 2.27. The molecule has 6 nitrogen and oxygen atoms in total. The first-order chi connectivity index (χ1) is 14.3. The first-order valence-electron chi connectivity index (χ1n) is 10.6. The largest absolute Gasteiger partial charge is 0.488 e. The molecular formula is C24H31N3O3. The lowest BCUT2D eigenvalue weighted by Crippen LogP contribution is -2.50. The monoisotopic (exact) mass is 409 g/mol.